The van der Waals surface area contributed by atoms with Gasteiger partial charge in [0, 0.05) is 30.7 Å². The summed E-state index contributed by atoms with van der Waals surface area (Å²) >= 11 is 0. The van der Waals surface area contributed by atoms with Crippen LogP contribution < -0.4 is 10.6 Å². The molecule has 0 spiro atoms. The highest BCUT2D eigenvalue weighted by molar-refractivity contribution is 6.39. The highest BCUT2D eigenvalue weighted by Gasteiger charge is 2.29. The molecule has 1 fully saturated rings. The van der Waals surface area contributed by atoms with Crippen molar-refractivity contribution >= 4 is 23.4 Å². The van der Waals surface area contributed by atoms with Crippen LogP contribution in [0.5, 0.6) is 0 Å². The number of piperidine rings is 1. The van der Waals surface area contributed by atoms with Gasteiger partial charge in [-0.15, -0.1) is 0 Å². The minimum atomic E-state index is -0.745. The maximum absolute atomic E-state index is 12.4. The fourth-order valence-electron chi connectivity index (χ4n) is 2.64. The summed E-state index contributed by atoms with van der Waals surface area (Å²) in [6, 6.07) is 8.22. The van der Waals surface area contributed by atoms with Crippen molar-refractivity contribution in [2.24, 2.45) is 5.92 Å². The number of rotatable bonds is 3. The molecule has 1 aromatic carbocycles. The summed E-state index contributed by atoms with van der Waals surface area (Å²) < 4.78 is 0. The summed E-state index contributed by atoms with van der Waals surface area (Å²) in [6.07, 6.45) is 1.51. The maximum atomic E-state index is 12.4. The molecule has 2 rings (SSSR count). The Hall–Kier alpha value is -2.88. The first-order valence-electron chi connectivity index (χ1n) is 8.31. The van der Waals surface area contributed by atoms with Gasteiger partial charge in [-0.2, -0.15) is 5.26 Å². The van der Waals surface area contributed by atoms with Crippen molar-refractivity contribution in [1.29, 1.82) is 5.26 Å². The second-order valence-electron chi connectivity index (χ2n) is 6.40. The van der Waals surface area contributed by atoms with E-state index in [0.29, 0.717) is 24.3 Å². The van der Waals surface area contributed by atoms with E-state index in [1.54, 1.807) is 18.2 Å². The van der Waals surface area contributed by atoms with Gasteiger partial charge in [0.05, 0.1) is 11.6 Å². The molecule has 0 aromatic heterocycles. The van der Waals surface area contributed by atoms with E-state index in [1.165, 1.54) is 11.0 Å². The molecule has 0 radical (unpaired) electrons. The first kappa shape index (κ1) is 18.5. The summed E-state index contributed by atoms with van der Waals surface area (Å²) in [7, 11) is 0. The average molecular weight is 342 g/mol. The van der Waals surface area contributed by atoms with Crippen LogP contribution in [0.4, 0.5) is 5.69 Å². The van der Waals surface area contributed by atoms with Crippen molar-refractivity contribution in [3.05, 3.63) is 29.8 Å². The third-order valence-electron chi connectivity index (χ3n) is 4.02. The minimum absolute atomic E-state index is 0.0583. The smallest absolute Gasteiger partial charge is 0.313 e. The lowest BCUT2D eigenvalue weighted by Crippen LogP contribution is -2.52. The number of hydrogen-bond donors (Lipinski definition) is 2. The summed E-state index contributed by atoms with van der Waals surface area (Å²) in [4.78, 5) is 37.8. The molecule has 7 heteroatoms. The summed E-state index contributed by atoms with van der Waals surface area (Å²) in [6.45, 7) is 4.43. The molecule has 1 unspecified atom stereocenters. The van der Waals surface area contributed by atoms with Gasteiger partial charge >= 0.3 is 11.8 Å². The van der Waals surface area contributed by atoms with Gasteiger partial charge in [0.1, 0.15) is 0 Å². The molecule has 0 aliphatic carbocycles. The fourth-order valence-corrected chi connectivity index (χ4v) is 2.64. The Balaban J connectivity index is 1.95. The number of carbonyl (C=O) groups is 3. The Kier molecular flexibility index (Phi) is 6.12. The summed E-state index contributed by atoms with van der Waals surface area (Å²) in [5, 5.41) is 14.3. The van der Waals surface area contributed by atoms with Gasteiger partial charge in [0.15, 0.2) is 0 Å². The molecule has 0 bridgehead atoms. The van der Waals surface area contributed by atoms with Crippen LogP contribution in [-0.2, 0) is 14.4 Å². The Morgan fingerprint density at radius 1 is 1.32 bits per heavy atom. The van der Waals surface area contributed by atoms with Gasteiger partial charge in [-0.1, -0.05) is 19.9 Å². The molecule has 7 nitrogen and oxygen atoms in total. The van der Waals surface area contributed by atoms with Gasteiger partial charge in [-0.05, 0) is 31.0 Å². The molecule has 1 aliphatic heterocycles. The van der Waals surface area contributed by atoms with Crippen LogP contribution in [-0.4, -0.2) is 41.8 Å². The molecule has 132 valence electrons. The molecule has 1 heterocycles. The van der Waals surface area contributed by atoms with Crippen LogP contribution in [0.1, 0.15) is 32.3 Å². The second-order valence-corrected chi connectivity index (χ2v) is 6.40. The van der Waals surface area contributed by atoms with Crippen molar-refractivity contribution in [3.8, 4) is 6.07 Å². The van der Waals surface area contributed by atoms with Gasteiger partial charge in [-0.25, -0.2) is 0 Å². The number of amides is 3. The number of nitriles is 1. The van der Waals surface area contributed by atoms with Crippen LogP contribution >= 0.6 is 0 Å². The topological polar surface area (TPSA) is 102 Å². The lowest BCUT2D eigenvalue weighted by atomic mass is 10.0. The zero-order valence-corrected chi connectivity index (χ0v) is 14.4. The quantitative estimate of drug-likeness (QED) is 0.807. The number of likely N-dealkylation sites (tertiary alicyclic amines) is 1. The van der Waals surface area contributed by atoms with Gasteiger partial charge in [0.25, 0.3) is 0 Å². The van der Waals surface area contributed by atoms with Crippen LogP contribution in [0.3, 0.4) is 0 Å². The molecular weight excluding hydrogens is 320 g/mol. The van der Waals surface area contributed by atoms with Crippen molar-refractivity contribution in [2.45, 2.75) is 32.7 Å². The second kappa shape index (κ2) is 8.29. The normalized spacial score (nSPS) is 16.9. The predicted molar refractivity (Wildman–Crippen MR) is 92.4 cm³/mol. The monoisotopic (exact) mass is 342 g/mol. The number of benzene rings is 1. The molecule has 1 aliphatic rings. The van der Waals surface area contributed by atoms with E-state index in [2.05, 4.69) is 10.6 Å². The average Bonchev–Trinajstić information content (AvgIpc) is 2.61. The molecular formula is C18H22N4O3. The van der Waals surface area contributed by atoms with Gasteiger partial charge < -0.3 is 15.5 Å². The van der Waals surface area contributed by atoms with Gasteiger partial charge in [-0.3, -0.25) is 14.4 Å². The van der Waals surface area contributed by atoms with E-state index in [-0.39, 0.29) is 17.9 Å². The molecule has 2 N–H and O–H groups in total. The Morgan fingerprint density at radius 2 is 2.08 bits per heavy atom. The largest absolute Gasteiger partial charge is 0.351 e. The number of anilines is 1. The van der Waals surface area contributed by atoms with Crippen molar-refractivity contribution < 1.29 is 14.4 Å². The predicted octanol–water partition coefficient (Wildman–Crippen LogP) is 1.26. The van der Waals surface area contributed by atoms with Crippen molar-refractivity contribution in [2.75, 3.05) is 18.4 Å². The fraction of sp³-hybridized carbons (Fsp3) is 0.444. The zero-order valence-electron chi connectivity index (χ0n) is 14.4. The Morgan fingerprint density at radius 3 is 2.76 bits per heavy atom. The molecule has 1 saturated heterocycles. The highest BCUT2D eigenvalue weighted by atomic mass is 16.2. The summed E-state index contributed by atoms with van der Waals surface area (Å²) in [5.41, 5.74) is 0.804. The number of carbonyl (C=O) groups excluding carboxylic acids is 3. The van der Waals surface area contributed by atoms with E-state index in [9.17, 15) is 14.4 Å². The zero-order chi connectivity index (χ0) is 18.4. The maximum Gasteiger partial charge on any atom is 0.313 e. The van der Waals surface area contributed by atoms with E-state index in [4.69, 9.17) is 5.26 Å². The molecule has 0 saturated carbocycles. The third kappa shape index (κ3) is 5.05. The standard InChI is InChI=1S/C18H22N4O3/c1-12(2)16(23)21-15-7-4-8-22(11-15)18(25)17(24)20-14-6-3-5-13(9-14)10-19/h3,5-6,9,12,15H,4,7-8,11H2,1-2H3,(H,20,24)(H,21,23). The van der Waals surface area contributed by atoms with E-state index in [0.717, 1.165) is 12.8 Å². The van der Waals surface area contributed by atoms with Crippen molar-refractivity contribution in [1.82, 2.24) is 10.2 Å². The Bertz CT molecular complexity index is 709. The molecule has 1 atom stereocenters. The van der Waals surface area contributed by atoms with Crippen molar-refractivity contribution in [3.63, 3.8) is 0 Å². The van der Waals surface area contributed by atoms with E-state index in [1.807, 2.05) is 19.9 Å². The highest BCUT2D eigenvalue weighted by Crippen LogP contribution is 2.13. The van der Waals surface area contributed by atoms with E-state index < -0.39 is 11.8 Å². The molecule has 1 aromatic rings. The van der Waals surface area contributed by atoms with Crippen LogP contribution in [0.15, 0.2) is 24.3 Å². The SMILES string of the molecule is CC(C)C(=O)NC1CCCN(C(=O)C(=O)Nc2cccc(C#N)c2)C1. The first-order chi connectivity index (χ1) is 11.9. The molecule has 25 heavy (non-hydrogen) atoms. The van der Waals surface area contributed by atoms with Gasteiger partial charge in [0.2, 0.25) is 5.91 Å². The number of nitrogens with one attached hydrogen (secondary N) is 2. The number of hydrogen-bond acceptors (Lipinski definition) is 4. The van der Waals surface area contributed by atoms with Crippen LogP contribution in [0, 0.1) is 17.2 Å². The summed E-state index contributed by atoms with van der Waals surface area (Å²) in [5.74, 6) is -1.56. The van der Waals surface area contributed by atoms with E-state index >= 15 is 0 Å². The third-order valence-corrected chi connectivity index (χ3v) is 4.02. The lowest BCUT2D eigenvalue weighted by molar-refractivity contribution is -0.144. The lowest BCUT2D eigenvalue weighted by Gasteiger charge is -2.33. The van der Waals surface area contributed by atoms with Crippen LogP contribution in [0.2, 0.25) is 0 Å². The Labute approximate surface area is 147 Å². The minimum Gasteiger partial charge on any atom is -0.351 e. The van der Waals surface area contributed by atoms with Crippen LogP contribution in [0.25, 0.3) is 0 Å². The number of nitrogens with zero attached hydrogens (tertiary/aromatic N) is 2. The first-order valence-corrected chi connectivity index (χ1v) is 8.31. The molecule has 3 amide bonds.